The molecule has 0 saturated carbocycles. The van der Waals surface area contributed by atoms with E-state index in [0.717, 1.165) is 5.39 Å². The average Bonchev–Trinajstić information content (AvgIpc) is 3.44. The molecule has 0 aliphatic heterocycles. The standard InChI is InChI=1S/C18H13F3N4O5/c19-18(20,21)17-23-15(25-30-17)12-9-14(24-29-12)27-7-3-6-22-16(26)13-8-10-4-1-2-5-11(10)28-13/h1-2,4-5,8-9H,3,6-7H2,(H,22,26). The molecule has 4 aromatic rings. The van der Waals surface area contributed by atoms with E-state index in [1.807, 2.05) is 18.2 Å². The number of hydrogen-bond acceptors (Lipinski definition) is 8. The van der Waals surface area contributed by atoms with E-state index in [1.54, 1.807) is 12.1 Å². The molecule has 30 heavy (non-hydrogen) atoms. The van der Waals surface area contributed by atoms with Crippen LogP contribution in [0.4, 0.5) is 13.2 Å². The van der Waals surface area contributed by atoms with Gasteiger partial charge in [-0.25, -0.2) is 0 Å². The molecule has 12 heteroatoms. The van der Waals surface area contributed by atoms with Crippen LogP contribution in [0, 0.1) is 0 Å². The fraction of sp³-hybridized carbons (Fsp3) is 0.222. The second-order valence-electron chi connectivity index (χ2n) is 6.06. The molecule has 1 aromatic carbocycles. The number of nitrogens with one attached hydrogen (secondary N) is 1. The van der Waals surface area contributed by atoms with E-state index in [4.69, 9.17) is 13.7 Å². The zero-order valence-corrected chi connectivity index (χ0v) is 15.1. The molecule has 0 fully saturated rings. The van der Waals surface area contributed by atoms with Crippen molar-refractivity contribution in [3.05, 3.63) is 48.0 Å². The molecule has 0 aliphatic rings. The number of halogens is 3. The molecule has 0 radical (unpaired) electrons. The number of hydrogen-bond donors (Lipinski definition) is 1. The molecule has 0 atom stereocenters. The summed E-state index contributed by atoms with van der Waals surface area (Å²) in [4.78, 5) is 15.3. The van der Waals surface area contributed by atoms with E-state index >= 15 is 0 Å². The molecule has 0 unspecified atom stereocenters. The molecule has 9 nitrogen and oxygen atoms in total. The molecule has 0 spiro atoms. The lowest BCUT2D eigenvalue weighted by Gasteiger charge is -2.03. The third kappa shape index (κ3) is 4.26. The number of nitrogens with zero attached hydrogens (tertiary/aromatic N) is 3. The first-order chi connectivity index (χ1) is 14.4. The number of aromatic nitrogens is 3. The Morgan fingerprint density at radius 3 is 2.73 bits per heavy atom. The Morgan fingerprint density at radius 2 is 1.97 bits per heavy atom. The van der Waals surface area contributed by atoms with Gasteiger partial charge in [0.15, 0.2) is 5.76 Å². The number of benzene rings is 1. The van der Waals surface area contributed by atoms with Crippen molar-refractivity contribution in [3.63, 3.8) is 0 Å². The number of alkyl halides is 3. The lowest BCUT2D eigenvalue weighted by Crippen LogP contribution is -2.25. The summed E-state index contributed by atoms with van der Waals surface area (Å²) in [5.74, 6) is -2.14. The number of para-hydroxylation sites is 1. The first kappa shape index (κ1) is 19.5. The summed E-state index contributed by atoms with van der Waals surface area (Å²) in [6.45, 7) is 0.479. The molecular formula is C18H13F3N4O5. The van der Waals surface area contributed by atoms with Crippen LogP contribution in [0.3, 0.4) is 0 Å². The van der Waals surface area contributed by atoms with Crippen LogP contribution in [0.5, 0.6) is 5.88 Å². The summed E-state index contributed by atoms with van der Waals surface area (Å²) in [6, 6.07) is 10.2. The number of carbonyl (C=O) groups excluding carboxylic acids is 1. The molecule has 1 amide bonds. The van der Waals surface area contributed by atoms with E-state index in [-0.39, 0.29) is 29.9 Å². The van der Waals surface area contributed by atoms with E-state index in [2.05, 4.69) is 25.1 Å². The lowest BCUT2D eigenvalue weighted by atomic mass is 10.2. The normalized spacial score (nSPS) is 11.7. The van der Waals surface area contributed by atoms with Gasteiger partial charge in [-0.1, -0.05) is 23.4 Å². The Kier molecular flexibility index (Phi) is 5.12. The largest absolute Gasteiger partial charge is 0.475 e. The molecule has 4 rings (SSSR count). The first-order valence-corrected chi connectivity index (χ1v) is 8.68. The third-order valence-electron chi connectivity index (χ3n) is 3.88. The Labute approximate surface area is 165 Å². The molecular weight excluding hydrogens is 409 g/mol. The topological polar surface area (TPSA) is 116 Å². The minimum Gasteiger partial charge on any atom is -0.475 e. The minimum absolute atomic E-state index is 0.0342. The number of carbonyl (C=O) groups is 1. The number of furan rings is 1. The van der Waals surface area contributed by atoms with Crippen molar-refractivity contribution in [2.24, 2.45) is 0 Å². The van der Waals surface area contributed by atoms with Crippen molar-refractivity contribution in [2.45, 2.75) is 12.6 Å². The van der Waals surface area contributed by atoms with Gasteiger partial charge in [-0.15, -0.1) is 0 Å². The van der Waals surface area contributed by atoms with Gasteiger partial charge >= 0.3 is 12.1 Å². The van der Waals surface area contributed by atoms with Crippen molar-refractivity contribution >= 4 is 16.9 Å². The van der Waals surface area contributed by atoms with Crippen LogP contribution in [-0.4, -0.2) is 34.4 Å². The summed E-state index contributed by atoms with van der Waals surface area (Å²) in [6.07, 6.45) is -4.31. The molecule has 1 N–H and O–H groups in total. The second-order valence-corrected chi connectivity index (χ2v) is 6.06. The van der Waals surface area contributed by atoms with Gasteiger partial charge in [0.2, 0.25) is 11.6 Å². The predicted molar refractivity (Wildman–Crippen MR) is 93.5 cm³/mol. The maximum Gasteiger partial charge on any atom is 0.471 e. The summed E-state index contributed by atoms with van der Waals surface area (Å²) < 4.78 is 57.2. The molecule has 3 heterocycles. The monoisotopic (exact) mass is 422 g/mol. The van der Waals surface area contributed by atoms with Crippen LogP contribution < -0.4 is 10.1 Å². The van der Waals surface area contributed by atoms with Gasteiger partial charge in [-0.2, -0.15) is 18.2 Å². The van der Waals surface area contributed by atoms with Gasteiger partial charge < -0.3 is 23.5 Å². The van der Waals surface area contributed by atoms with Gasteiger partial charge in [0.1, 0.15) is 5.58 Å². The summed E-state index contributed by atoms with van der Waals surface area (Å²) >= 11 is 0. The average molecular weight is 422 g/mol. The van der Waals surface area contributed by atoms with E-state index in [0.29, 0.717) is 18.5 Å². The molecule has 0 bridgehead atoms. The van der Waals surface area contributed by atoms with Crippen molar-refractivity contribution < 1.29 is 36.2 Å². The Hall–Kier alpha value is -3.83. The first-order valence-electron chi connectivity index (χ1n) is 8.68. The molecule has 0 aliphatic carbocycles. The zero-order valence-electron chi connectivity index (χ0n) is 15.1. The highest BCUT2D eigenvalue weighted by Crippen LogP contribution is 2.30. The fourth-order valence-electron chi connectivity index (χ4n) is 2.50. The summed E-state index contributed by atoms with van der Waals surface area (Å²) in [5.41, 5.74) is 0.622. The van der Waals surface area contributed by atoms with E-state index in [9.17, 15) is 18.0 Å². The van der Waals surface area contributed by atoms with Gasteiger partial charge in [-0.05, 0) is 23.7 Å². The molecule has 3 aromatic heterocycles. The van der Waals surface area contributed by atoms with Crippen LogP contribution in [-0.2, 0) is 6.18 Å². The quantitative estimate of drug-likeness (QED) is 0.448. The Bertz CT molecular complexity index is 1130. The number of rotatable bonds is 7. The van der Waals surface area contributed by atoms with Crippen LogP contribution in [0.2, 0.25) is 0 Å². The Balaban J connectivity index is 1.23. The number of amides is 1. The molecule has 0 saturated heterocycles. The van der Waals surface area contributed by atoms with Crippen molar-refractivity contribution in [1.82, 2.24) is 20.6 Å². The van der Waals surface area contributed by atoms with Crippen LogP contribution in [0.15, 0.2) is 49.9 Å². The van der Waals surface area contributed by atoms with Gasteiger partial charge in [-0.3, -0.25) is 4.79 Å². The van der Waals surface area contributed by atoms with Crippen molar-refractivity contribution in [1.29, 1.82) is 0 Å². The van der Waals surface area contributed by atoms with Crippen LogP contribution >= 0.6 is 0 Å². The maximum absolute atomic E-state index is 12.5. The highest BCUT2D eigenvalue weighted by atomic mass is 19.4. The number of ether oxygens (including phenoxy) is 1. The van der Waals surface area contributed by atoms with Crippen molar-refractivity contribution in [3.8, 4) is 17.5 Å². The minimum atomic E-state index is -4.75. The second kappa shape index (κ2) is 7.89. The van der Waals surface area contributed by atoms with E-state index < -0.39 is 17.9 Å². The van der Waals surface area contributed by atoms with Gasteiger partial charge in [0.25, 0.3) is 11.8 Å². The smallest absolute Gasteiger partial charge is 0.471 e. The van der Waals surface area contributed by atoms with Crippen molar-refractivity contribution in [2.75, 3.05) is 13.2 Å². The fourth-order valence-corrected chi connectivity index (χ4v) is 2.50. The predicted octanol–water partition coefficient (Wildman–Crippen LogP) is 3.69. The Morgan fingerprint density at radius 1 is 1.13 bits per heavy atom. The lowest BCUT2D eigenvalue weighted by molar-refractivity contribution is -0.159. The maximum atomic E-state index is 12.5. The van der Waals surface area contributed by atoms with Crippen LogP contribution in [0.1, 0.15) is 22.9 Å². The van der Waals surface area contributed by atoms with Gasteiger partial charge in [0.05, 0.1) is 12.7 Å². The number of fused-ring (bicyclic) bond motifs is 1. The summed E-state index contributed by atoms with van der Waals surface area (Å²) in [7, 11) is 0. The SMILES string of the molecule is O=C(NCCCOc1cc(-c2noc(C(F)(F)F)n2)on1)c1cc2ccccc2o1. The molecule has 156 valence electrons. The van der Waals surface area contributed by atoms with E-state index in [1.165, 1.54) is 6.07 Å². The van der Waals surface area contributed by atoms with Gasteiger partial charge in [0, 0.05) is 11.9 Å². The summed E-state index contributed by atoms with van der Waals surface area (Å²) in [5, 5.41) is 10.3. The third-order valence-corrected chi connectivity index (χ3v) is 3.88. The highest BCUT2D eigenvalue weighted by Gasteiger charge is 2.39. The van der Waals surface area contributed by atoms with Crippen LogP contribution in [0.25, 0.3) is 22.6 Å². The highest BCUT2D eigenvalue weighted by molar-refractivity contribution is 5.96. The zero-order chi connectivity index (χ0) is 21.1.